The largest absolute Gasteiger partial charge is 0.488 e. The SMILES string of the molecule is Cc1cc(Cl)c(OC2CC2)c(C(O)CN)c1. The fourth-order valence-corrected chi connectivity index (χ4v) is 1.93. The van der Waals surface area contributed by atoms with E-state index in [9.17, 15) is 5.11 Å². The molecule has 4 heteroatoms. The third kappa shape index (κ3) is 2.48. The molecule has 0 heterocycles. The van der Waals surface area contributed by atoms with Crippen molar-refractivity contribution >= 4 is 11.6 Å². The average Bonchev–Trinajstić information content (AvgIpc) is 3.04. The summed E-state index contributed by atoms with van der Waals surface area (Å²) in [6.07, 6.45) is 1.65. The first kappa shape index (κ1) is 11.7. The Morgan fingerprint density at radius 2 is 2.25 bits per heavy atom. The average molecular weight is 242 g/mol. The lowest BCUT2D eigenvalue weighted by Gasteiger charge is -2.17. The molecule has 0 amide bonds. The van der Waals surface area contributed by atoms with E-state index in [4.69, 9.17) is 22.1 Å². The number of ether oxygens (including phenoxy) is 1. The van der Waals surface area contributed by atoms with Crippen molar-refractivity contribution in [3.05, 3.63) is 28.3 Å². The maximum Gasteiger partial charge on any atom is 0.144 e. The zero-order valence-corrected chi connectivity index (χ0v) is 10.00. The summed E-state index contributed by atoms with van der Waals surface area (Å²) in [4.78, 5) is 0. The molecule has 1 saturated carbocycles. The van der Waals surface area contributed by atoms with Crippen molar-refractivity contribution in [2.75, 3.05) is 6.54 Å². The zero-order valence-electron chi connectivity index (χ0n) is 9.24. The molecule has 1 atom stereocenters. The van der Waals surface area contributed by atoms with Crippen molar-refractivity contribution in [2.45, 2.75) is 32.0 Å². The Hall–Kier alpha value is -0.770. The number of rotatable bonds is 4. The van der Waals surface area contributed by atoms with Crippen LogP contribution in [0, 0.1) is 6.92 Å². The summed E-state index contributed by atoms with van der Waals surface area (Å²) in [5.74, 6) is 0.590. The van der Waals surface area contributed by atoms with Gasteiger partial charge in [0.15, 0.2) is 0 Å². The highest BCUT2D eigenvalue weighted by molar-refractivity contribution is 6.32. The topological polar surface area (TPSA) is 55.5 Å². The summed E-state index contributed by atoms with van der Waals surface area (Å²) in [5, 5.41) is 10.4. The van der Waals surface area contributed by atoms with Crippen molar-refractivity contribution in [1.82, 2.24) is 0 Å². The fraction of sp³-hybridized carbons (Fsp3) is 0.500. The third-order valence-electron chi connectivity index (χ3n) is 2.61. The van der Waals surface area contributed by atoms with Crippen LogP contribution in [-0.2, 0) is 0 Å². The second-order valence-electron chi connectivity index (χ2n) is 4.23. The van der Waals surface area contributed by atoms with E-state index in [1.165, 1.54) is 0 Å². The van der Waals surface area contributed by atoms with Gasteiger partial charge in [-0.15, -0.1) is 0 Å². The minimum absolute atomic E-state index is 0.167. The summed E-state index contributed by atoms with van der Waals surface area (Å²) in [5.41, 5.74) is 7.16. The molecule has 3 N–H and O–H groups in total. The van der Waals surface area contributed by atoms with Gasteiger partial charge >= 0.3 is 0 Å². The quantitative estimate of drug-likeness (QED) is 0.850. The second-order valence-corrected chi connectivity index (χ2v) is 4.64. The van der Waals surface area contributed by atoms with Crippen LogP contribution in [-0.4, -0.2) is 17.8 Å². The molecule has 0 bridgehead atoms. The monoisotopic (exact) mass is 241 g/mol. The van der Waals surface area contributed by atoms with Crippen LogP contribution in [0.25, 0.3) is 0 Å². The van der Waals surface area contributed by atoms with E-state index < -0.39 is 6.10 Å². The molecule has 1 aromatic carbocycles. The van der Waals surface area contributed by atoms with E-state index in [1.807, 2.05) is 19.1 Å². The van der Waals surface area contributed by atoms with Gasteiger partial charge in [-0.25, -0.2) is 0 Å². The molecule has 0 saturated heterocycles. The van der Waals surface area contributed by atoms with Crippen molar-refractivity contribution in [3.8, 4) is 5.75 Å². The van der Waals surface area contributed by atoms with Crippen LogP contribution in [0.2, 0.25) is 5.02 Å². The van der Waals surface area contributed by atoms with Gasteiger partial charge in [0.25, 0.3) is 0 Å². The lowest BCUT2D eigenvalue weighted by atomic mass is 10.1. The molecule has 2 rings (SSSR count). The summed E-state index contributed by atoms with van der Waals surface area (Å²) in [6, 6.07) is 3.72. The number of benzene rings is 1. The molecule has 16 heavy (non-hydrogen) atoms. The normalized spacial score (nSPS) is 17.2. The molecule has 1 aliphatic carbocycles. The van der Waals surface area contributed by atoms with Gasteiger partial charge in [-0.2, -0.15) is 0 Å². The number of aliphatic hydroxyl groups excluding tert-OH is 1. The van der Waals surface area contributed by atoms with E-state index in [1.54, 1.807) is 0 Å². The summed E-state index contributed by atoms with van der Waals surface area (Å²) >= 11 is 6.13. The highest BCUT2D eigenvalue weighted by Gasteiger charge is 2.27. The number of hydrogen-bond acceptors (Lipinski definition) is 3. The first-order chi connectivity index (χ1) is 7.61. The second kappa shape index (κ2) is 4.62. The standard InChI is InChI=1S/C12H16ClNO2/c1-7-4-9(11(15)6-14)12(10(13)5-7)16-8-2-3-8/h4-5,8,11,15H,2-3,6,14H2,1H3. The van der Waals surface area contributed by atoms with Gasteiger partial charge in [-0.05, 0) is 37.5 Å². The van der Waals surface area contributed by atoms with Gasteiger partial charge in [-0.3, -0.25) is 0 Å². The third-order valence-corrected chi connectivity index (χ3v) is 2.89. The molecule has 3 nitrogen and oxygen atoms in total. The molecule has 1 unspecified atom stereocenters. The van der Waals surface area contributed by atoms with Crippen molar-refractivity contribution in [3.63, 3.8) is 0 Å². The van der Waals surface area contributed by atoms with Gasteiger partial charge in [0.1, 0.15) is 5.75 Å². The van der Waals surface area contributed by atoms with E-state index in [0.717, 1.165) is 18.4 Å². The summed E-state index contributed by atoms with van der Waals surface area (Å²) in [6.45, 7) is 2.10. The number of aliphatic hydroxyl groups is 1. The van der Waals surface area contributed by atoms with Crippen molar-refractivity contribution in [1.29, 1.82) is 0 Å². The maximum atomic E-state index is 9.83. The lowest BCUT2D eigenvalue weighted by molar-refractivity contribution is 0.178. The first-order valence-corrected chi connectivity index (χ1v) is 5.84. The number of nitrogens with two attached hydrogens (primary N) is 1. The molecule has 1 aliphatic rings. The van der Waals surface area contributed by atoms with Crippen LogP contribution in [0.15, 0.2) is 12.1 Å². The highest BCUT2D eigenvalue weighted by atomic mass is 35.5. The number of hydrogen-bond donors (Lipinski definition) is 2. The van der Waals surface area contributed by atoms with Crippen LogP contribution < -0.4 is 10.5 Å². The molecule has 1 fully saturated rings. The number of halogens is 1. The molecular weight excluding hydrogens is 226 g/mol. The predicted octanol–water partition coefficient (Wildman–Crippen LogP) is 2.18. The predicted molar refractivity (Wildman–Crippen MR) is 63.9 cm³/mol. The Morgan fingerprint density at radius 1 is 1.56 bits per heavy atom. The molecular formula is C12H16ClNO2. The fourth-order valence-electron chi connectivity index (χ4n) is 1.61. The molecule has 0 spiro atoms. The number of aryl methyl sites for hydroxylation is 1. The van der Waals surface area contributed by atoms with Crippen LogP contribution >= 0.6 is 11.6 Å². The zero-order chi connectivity index (χ0) is 11.7. The van der Waals surface area contributed by atoms with Gasteiger partial charge in [0.05, 0.1) is 17.2 Å². The van der Waals surface area contributed by atoms with E-state index >= 15 is 0 Å². The van der Waals surface area contributed by atoms with E-state index in [2.05, 4.69) is 0 Å². The van der Waals surface area contributed by atoms with Crippen molar-refractivity contribution < 1.29 is 9.84 Å². The van der Waals surface area contributed by atoms with Crippen LogP contribution in [0.1, 0.15) is 30.1 Å². The van der Waals surface area contributed by atoms with Crippen LogP contribution in [0.4, 0.5) is 0 Å². The minimum atomic E-state index is -0.717. The Morgan fingerprint density at radius 3 is 2.81 bits per heavy atom. The highest BCUT2D eigenvalue weighted by Crippen LogP contribution is 2.38. The molecule has 1 aromatic rings. The Balaban J connectivity index is 2.36. The summed E-state index contributed by atoms with van der Waals surface area (Å²) in [7, 11) is 0. The van der Waals surface area contributed by atoms with Gasteiger partial charge in [0.2, 0.25) is 0 Å². The van der Waals surface area contributed by atoms with Gasteiger partial charge in [-0.1, -0.05) is 11.6 Å². The van der Waals surface area contributed by atoms with Gasteiger partial charge < -0.3 is 15.6 Å². The molecule has 0 radical (unpaired) electrons. The Labute approximate surface area is 100 Å². The minimum Gasteiger partial charge on any atom is -0.488 e. The molecule has 0 aromatic heterocycles. The molecule has 0 aliphatic heterocycles. The Bertz CT molecular complexity index is 391. The summed E-state index contributed by atoms with van der Waals surface area (Å²) < 4.78 is 5.72. The maximum absolute atomic E-state index is 9.83. The first-order valence-electron chi connectivity index (χ1n) is 5.46. The molecule has 88 valence electrons. The van der Waals surface area contributed by atoms with E-state index in [-0.39, 0.29) is 12.6 Å². The Kier molecular flexibility index (Phi) is 3.38. The van der Waals surface area contributed by atoms with E-state index in [0.29, 0.717) is 16.3 Å². The lowest BCUT2D eigenvalue weighted by Crippen LogP contribution is -2.14. The van der Waals surface area contributed by atoms with Crippen LogP contribution in [0.3, 0.4) is 0 Å². The van der Waals surface area contributed by atoms with Gasteiger partial charge in [0, 0.05) is 12.1 Å². The van der Waals surface area contributed by atoms with Crippen molar-refractivity contribution in [2.24, 2.45) is 5.73 Å². The van der Waals surface area contributed by atoms with Crippen LogP contribution in [0.5, 0.6) is 5.75 Å². The smallest absolute Gasteiger partial charge is 0.144 e.